The van der Waals surface area contributed by atoms with Crippen molar-refractivity contribution in [2.24, 2.45) is 0 Å². The van der Waals surface area contributed by atoms with Crippen molar-refractivity contribution in [1.29, 1.82) is 0 Å². The van der Waals surface area contributed by atoms with Gasteiger partial charge < -0.3 is 20.3 Å². The van der Waals surface area contributed by atoms with Crippen molar-refractivity contribution in [3.8, 4) is 0 Å². The molecule has 0 bridgehead atoms. The van der Waals surface area contributed by atoms with Gasteiger partial charge in [0.25, 0.3) is 5.91 Å². The summed E-state index contributed by atoms with van der Waals surface area (Å²) in [4.78, 5) is 42.3. The van der Waals surface area contributed by atoms with Crippen LogP contribution in [0.15, 0.2) is 42.5 Å². The third-order valence-electron chi connectivity index (χ3n) is 6.92. The zero-order valence-corrected chi connectivity index (χ0v) is 25.7. The van der Waals surface area contributed by atoms with E-state index in [0.29, 0.717) is 12.2 Å². The summed E-state index contributed by atoms with van der Waals surface area (Å²) < 4.78 is 5.40. The van der Waals surface area contributed by atoms with Gasteiger partial charge in [0, 0.05) is 12.2 Å². The number of amides is 3. The van der Waals surface area contributed by atoms with Crippen LogP contribution in [0.1, 0.15) is 101 Å². The second kappa shape index (κ2) is 15.4. The van der Waals surface area contributed by atoms with Crippen LogP contribution >= 0.6 is 0 Å². The maximum Gasteiger partial charge on any atom is 0.408 e. The van der Waals surface area contributed by atoms with Gasteiger partial charge in [0.05, 0.1) is 0 Å². The summed E-state index contributed by atoms with van der Waals surface area (Å²) >= 11 is 0. The van der Waals surface area contributed by atoms with Gasteiger partial charge in [0.2, 0.25) is 5.91 Å². The van der Waals surface area contributed by atoms with Crippen LogP contribution in [-0.4, -0.2) is 41.0 Å². The number of unbranched alkanes of at least 4 members (excludes halogenated alkanes) is 5. The van der Waals surface area contributed by atoms with Crippen molar-refractivity contribution in [1.82, 2.24) is 10.2 Å². The van der Waals surface area contributed by atoms with Crippen LogP contribution in [0, 0.1) is 20.8 Å². The zero-order valence-electron chi connectivity index (χ0n) is 25.7. The molecule has 0 spiro atoms. The molecule has 0 heterocycles. The van der Waals surface area contributed by atoms with Gasteiger partial charge in [0.15, 0.2) is 0 Å². The number of benzene rings is 2. The Hall–Kier alpha value is -3.35. The lowest BCUT2D eigenvalue weighted by Gasteiger charge is -2.35. The standard InChI is InChI=1S/C33H49N3O4/c1-9-10-11-12-13-16-22-36(31(38)26(5)34-32(39)40-33(6,7)8)29(28-24(3)19-17-20-25(28)4)30(37)35-27-21-15-14-18-23(27)2/h14-15,17-21,26,29H,9-13,16,22H2,1-8H3,(H,34,39)(H,35,37). The number of nitrogens with zero attached hydrogens (tertiary/aromatic N) is 1. The molecule has 0 saturated carbocycles. The molecule has 2 rings (SSSR count). The number of hydrogen-bond acceptors (Lipinski definition) is 4. The van der Waals surface area contributed by atoms with Gasteiger partial charge in [-0.15, -0.1) is 0 Å². The maximum atomic E-state index is 14.1. The minimum absolute atomic E-state index is 0.282. The van der Waals surface area contributed by atoms with E-state index in [4.69, 9.17) is 4.74 Å². The highest BCUT2D eigenvalue weighted by Crippen LogP contribution is 2.30. The largest absolute Gasteiger partial charge is 0.444 e. The summed E-state index contributed by atoms with van der Waals surface area (Å²) in [6.45, 7) is 15.4. The lowest BCUT2D eigenvalue weighted by molar-refractivity contribution is -0.140. The number of para-hydroxylation sites is 1. The molecule has 0 aliphatic heterocycles. The fourth-order valence-electron chi connectivity index (χ4n) is 4.83. The van der Waals surface area contributed by atoms with E-state index < -0.39 is 23.8 Å². The first-order valence-corrected chi connectivity index (χ1v) is 14.6. The van der Waals surface area contributed by atoms with Crippen LogP contribution in [0.5, 0.6) is 0 Å². The maximum absolute atomic E-state index is 14.1. The Labute approximate surface area is 241 Å². The van der Waals surface area contributed by atoms with Gasteiger partial charge in [-0.25, -0.2) is 4.79 Å². The zero-order chi connectivity index (χ0) is 29.9. The lowest BCUT2D eigenvalue weighted by atomic mass is 9.93. The third kappa shape index (κ3) is 10.00. The quantitative estimate of drug-likeness (QED) is 0.254. The Morgan fingerprint density at radius 1 is 0.850 bits per heavy atom. The number of aryl methyl sites for hydroxylation is 3. The number of anilines is 1. The van der Waals surface area contributed by atoms with Crippen molar-refractivity contribution in [3.63, 3.8) is 0 Å². The molecule has 2 N–H and O–H groups in total. The first-order chi connectivity index (χ1) is 18.9. The number of carbonyl (C=O) groups excluding carboxylic acids is 3. The minimum Gasteiger partial charge on any atom is -0.444 e. The average molecular weight is 552 g/mol. The first-order valence-electron chi connectivity index (χ1n) is 14.6. The predicted octanol–water partition coefficient (Wildman–Crippen LogP) is 7.39. The molecule has 0 fully saturated rings. The minimum atomic E-state index is -0.881. The van der Waals surface area contributed by atoms with E-state index in [1.807, 2.05) is 63.2 Å². The number of alkyl carbamates (subject to hydrolysis) is 1. The topological polar surface area (TPSA) is 87.7 Å². The van der Waals surface area contributed by atoms with Crippen molar-refractivity contribution in [2.75, 3.05) is 11.9 Å². The summed E-state index contributed by atoms with van der Waals surface area (Å²) in [6.07, 6.45) is 5.61. The summed E-state index contributed by atoms with van der Waals surface area (Å²) in [5.41, 5.74) is 3.61. The van der Waals surface area contributed by atoms with E-state index >= 15 is 0 Å². The van der Waals surface area contributed by atoms with Gasteiger partial charge in [-0.2, -0.15) is 0 Å². The highest BCUT2D eigenvalue weighted by Gasteiger charge is 2.36. The molecule has 0 radical (unpaired) electrons. The number of ether oxygens (including phenoxy) is 1. The number of carbonyl (C=O) groups is 3. The van der Waals surface area contributed by atoms with E-state index in [0.717, 1.165) is 54.4 Å². The molecule has 7 nitrogen and oxygen atoms in total. The highest BCUT2D eigenvalue weighted by molar-refractivity contribution is 5.99. The first kappa shape index (κ1) is 32.9. The average Bonchev–Trinajstić information content (AvgIpc) is 2.86. The van der Waals surface area contributed by atoms with Gasteiger partial charge in [-0.3, -0.25) is 9.59 Å². The molecule has 2 aromatic carbocycles. The van der Waals surface area contributed by atoms with Gasteiger partial charge in [-0.05, 0) is 83.2 Å². The molecule has 40 heavy (non-hydrogen) atoms. The van der Waals surface area contributed by atoms with E-state index in [-0.39, 0.29) is 11.8 Å². The molecule has 220 valence electrons. The van der Waals surface area contributed by atoms with E-state index in [9.17, 15) is 14.4 Å². The Kier molecular flexibility index (Phi) is 12.7. The highest BCUT2D eigenvalue weighted by atomic mass is 16.6. The molecule has 2 aromatic rings. The fourth-order valence-corrected chi connectivity index (χ4v) is 4.83. The van der Waals surface area contributed by atoms with Gasteiger partial charge in [0.1, 0.15) is 17.7 Å². The molecule has 2 atom stereocenters. The Balaban J connectivity index is 2.47. The second-order valence-electron chi connectivity index (χ2n) is 11.7. The van der Waals surface area contributed by atoms with Crippen LogP contribution < -0.4 is 10.6 Å². The Bertz CT molecular complexity index is 1120. The molecule has 3 amide bonds. The summed E-state index contributed by atoms with van der Waals surface area (Å²) in [5.74, 6) is -0.609. The molecule has 0 aromatic heterocycles. The van der Waals surface area contributed by atoms with E-state index in [1.54, 1.807) is 32.6 Å². The SMILES string of the molecule is CCCCCCCCN(C(=O)C(C)NC(=O)OC(C)(C)C)C(C(=O)Nc1ccccc1C)c1c(C)cccc1C. The van der Waals surface area contributed by atoms with Crippen LogP contribution in [0.4, 0.5) is 10.5 Å². The normalized spacial score (nSPS) is 12.8. The molecule has 0 saturated heterocycles. The smallest absolute Gasteiger partial charge is 0.408 e. The van der Waals surface area contributed by atoms with Crippen molar-refractivity contribution < 1.29 is 19.1 Å². The van der Waals surface area contributed by atoms with E-state index in [1.165, 1.54) is 6.42 Å². The van der Waals surface area contributed by atoms with Crippen molar-refractivity contribution in [3.05, 3.63) is 64.7 Å². The second-order valence-corrected chi connectivity index (χ2v) is 11.7. The summed E-state index contributed by atoms with van der Waals surface area (Å²) in [5, 5.41) is 5.77. The molecule has 2 unspecified atom stereocenters. The molecular weight excluding hydrogens is 502 g/mol. The van der Waals surface area contributed by atoms with Crippen LogP contribution in [0.2, 0.25) is 0 Å². The summed E-state index contributed by atoms with van der Waals surface area (Å²) in [7, 11) is 0. The number of nitrogens with one attached hydrogen (secondary N) is 2. The fraction of sp³-hybridized carbons (Fsp3) is 0.545. The molecule has 0 aliphatic carbocycles. The van der Waals surface area contributed by atoms with Gasteiger partial charge in [-0.1, -0.05) is 75.4 Å². The summed E-state index contributed by atoms with van der Waals surface area (Å²) in [6, 6.07) is 11.7. The van der Waals surface area contributed by atoms with Crippen LogP contribution in [0.25, 0.3) is 0 Å². The Morgan fingerprint density at radius 3 is 2.02 bits per heavy atom. The lowest BCUT2D eigenvalue weighted by Crippen LogP contribution is -2.51. The van der Waals surface area contributed by atoms with Gasteiger partial charge >= 0.3 is 6.09 Å². The number of hydrogen-bond donors (Lipinski definition) is 2. The molecule has 7 heteroatoms. The molecule has 0 aliphatic rings. The van der Waals surface area contributed by atoms with Crippen molar-refractivity contribution >= 4 is 23.6 Å². The third-order valence-corrected chi connectivity index (χ3v) is 6.92. The monoisotopic (exact) mass is 551 g/mol. The van der Waals surface area contributed by atoms with Crippen LogP contribution in [-0.2, 0) is 14.3 Å². The number of rotatable bonds is 13. The van der Waals surface area contributed by atoms with Crippen molar-refractivity contribution in [2.45, 2.75) is 112 Å². The van der Waals surface area contributed by atoms with Crippen LogP contribution in [0.3, 0.4) is 0 Å². The van der Waals surface area contributed by atoms with E-state index in [2.05, 4.69) is 17.6 Å². The Morgan fingerprint density at radius 2 is 1.43 bits per heavy atom. The predicted molar refractivity (Wildman–Crippen MR) is 162 cm³/mol. The molecular formula is C33H49N3O4.